The standard InChI is InChI=1S/C27H20Cl2N4O2/c28-23-2-1-3-24(29)25(23)18(12-30)10-20-14-32-26-22(20)11-19(13-31-26)16-4-6-17(7-5-16)27(35)33-9-8-21(34)15-33/h1-7,10-11,13-14,21,34H,8-9,15H2,(H,31,32)/b18-10+. The van der Waals surface area contributed by atoms with Crippen molar-refractivity contribution in [3.63, 3.8) is 0 Å². The molecule has 0 spiro atoms. The zero-order valence-corrected chi connectivity index (χ0v) is 20.0. The van der Waals surface area contributed by atoms with Gasteiger partial charge in [-0.3, -0.25) is 4.79 Å². The van der Waals surface area contributed by atoms with E-state index >= 15 is 0 Å². The van der Waals surface area contributed by atoms with E-state index in [1.807, 2.05) is 18.2 Å². The van der Waals surface area contributed by atoms with Crippen molar-refractivity contribution < 1.29 is 9.90 Å². The number of carbonyl (C=O) groups excluding carboxylic acids is 1. The Morgan fingerprint density at radius 1 is 1.17 bits per heavy atom. The van der Waals surface area contributed by atoms with Gasteiger partial charge in [0, 0.05) is 53.1 Å². The number of H-pyrrole nitrogens is 1. The highest BCUT2D eigenvalue weighted by atomic mass is 35.5. The van der Waals surface area contributed by atoms with Crippen LogP contribution in [0, 0.1) is 11.3 Å². The lowest BCUT2D eigenvalue weighted by atomic mass is 10.0. The minimum Gasteiger partial charge on any atom is -0.391 e. The van der Waals surface area contributed by atoms with E-state index in [-0.39, 0.29) is 5.91 Å². The molecule has 1 atom stereocenters. The zero-order chi connectivity index (χ0) is 24.5. The van der Waals surface area contributed by atoms with Crippen LogP contribution >= 0.6 is 23.2 Å². The molecule has 4 aromatic rings. The first-order valence-electron chi connectivity index (χ1n) is 11.1. The summed E-state index contributed by atoms with van der Waals surface area (Å²) in [6, 6.07) is 16.7. The normalized spacial score (nSPS) is 16.0. The van der Waals surface area contributed by atoms with Gasteiger partial charge in [0.05, 0.1) is 27.8 Å². The molecule has 3 heterocycles. The van der Waals surface area contributed by atoms with Crippen molar-refractivity contribution in [2.75, 3.05) is 13.1 Å². The van der Waals surface area contributed by atoms with Crippen LogP contribution in [-0.2, 0) is 0 Å². The van der Waals surface area contributed by atoms with Gasteiger partial charge in [0.2, 0.25) is 0 Å². The van der Waals surface area contributed by atoms with E-state index in [9.17, 15) is 15.2 Å². The quantitative estimate of drug-likeness (QED) is 0.344. The molecule has 2 aromatic carbocycles. The molecule has 5 rings (SSSR count). The number of amides is 1. The number of aliphatic hydroxyl groups excluding tert-OH is 1. The van der Waals surface area contributed by atoms with Gasteiger partial charge in [0.15, 0.2) is 0 Å². The third-order valence-corrected chi connectivity index (χ3v) is 6.76. The van der Waals surface area contributed by atoms with Crippen molar-refractivity contribution in [3.8, 4) is 17.2 Å². The summed E-state index contributed by atoms with van der Waals surface area (Å²) in [6.45, 7) is 0.936. The number of carbonyl (C=O) groups is 1. The number of fused-ring (bicyclic) bond motifs is 1. The van der Waals surface area contributed by atoms with E-state index in [1.54, 1.807) is 53.7 Å². The number of halogens is 2. The largest absolute Gasteiger partial charge is 0.391 e. The lowest BCUT2D eigenvalue weighted by Gasteiger charge is -2.15. The van der Waals surface area contributed by atoms with E-state index in [1.165, 1.54) is 0 Å². The van der Waals surface area contributed by atoms with Gasteiger partial charge < -0.3 is 15.0 Å². The third-order valence-electron chi connectivity index (χ3n) is 6.13. The van der Waals surface area contributed by atoms with Gasteiger partial charge in [-0.1, -0.05) is 41.4 Å². The Morgan fingerprint density at radius 3 is 2.57 bits per heavy atom. The monoisotopic (exact) mass is 502 g/mol. The molecule has 1 saturated heterocycles. The summed E-state index contributed by atoms with van der Waals surface area (Å²) in [5.74, 6) is -0.0815. The van der Waals surface area contributed by atoms with Crippen LogP contribution in [0.25, 0.3) is 33.8 Å². The fraction of sp³-hybridized carbons (Fsp3) is 0.148. The Kier molecular flexibility index (Phi) is 6.31. The first kappa shape index (κ1) is 23.1. The second-order valence-corrected chi connectivity index (χ2v) is 9.22. The molecule has 8 heteroatoms. The van der Waals surface area contributed by atoms with Crippen molar-refractivity contribution >= 4 is 51.8 Å². The van der Waals surface area contributed by atoms with Crippen LogP contribution in [0.15, 0.2) is 60.9 Å². The second kappa shape index (κ2) is 9.55. The van der Waals surface area contributed by atoms with Gasteiger partial charge in [-0.05, 0) is 48.4 Å². The molecule has 1 amide bonds. The fourth-order valence-corrected chi connectivity index (χ4v) is 4.89. The maximum absolute atomic E-state index is 12.7. The van der Waals surface area contributed by atoms with Crippen LogP contribution in [0.3, 0.4) is 0 Å². The smallest absolute Gasteiger partial charge is 0.253 e. The number of likely N-dealkylation sites (tertiary alicyclic amines) is 1. The number of hydrogen-bond donors (Lipinski definition) is 2. The van der Waals surface area contributed by atoms with Crippen molar-refractivity contribution in [1.29, 1.82) is 5.26 Å². The second-order valence-electron chi connectivity index (χ2n) is 8.40. The molecule has 0 aliphatic carbocycles. The van der Waals surface area contributed by atoms with E-state index in [0.717, 1.165) is 22.1 Å². The number of nitriles is 1. The van der Waals surface area contributed by atoms with E-state index in [0.29, 0.717) is 51.9 Å². The van der Waals surface area contributed by atoms with Gasteiger partial charge in [0.1, 0.15) is 5.65 Å². The first-order chi connectivity index (χ1) is 16.9. The molecule has 1 fully saturated rings. The number of aliphatic hydroxyl groups is 1. The molecular formula is C27H20Cl2N4O2. The van der Waals surface area contributed by atoms with Gasteiger partial charge in [0.25, 0.3) is 5.91 Å². The molecule has 2 aromatic heterocycles. The summed E-state index contributed by atoms with van der Waals surface area (Å²) in [5, 5.41) is 21.1. The van der Waals surface area contributed by atoms with Crippen molar-refractivity contribution in [3.05, 3.63) is 87.7 Å². The molecule has 6 nitrogen and oxygen atoms in total. The number of nitrogens with zero attached hydrogens (tertiary/aromatic N) is 3. The predicted octanol–water partition coefficient (Wildman–Crippen LogP) is 5.81. The van der Waals surface area contributed by atoms with E-state index < -0.39 is 6.10 Å². The fourth-order valence-electron chi connectivity index (χ4n) is 4.29. The summed E-state index contributed by atoms with van der Waals surface area (Å²) in [5.41, 5.74) is 4.66. The molecule has 0 radical (unpaired) electrons. The van der Waals surface area contributed by atoms with Gasteiger partial charge in [-0.15, -0.1) is 0 Å². The van der Waals surface area contributed by atoms with Gasteiger partial charge in [-0.2, -0.15) is 5.26 Å². The summed E-state index contributed by atoms with van der Waals surface area (Å²) in [6.07, 6.45) is 5.45. The van der Waals surface area contributed by atoms with Gasteiger partial charge in [-0.25, -0.2) is 4.98 Å². The first-order valence-corrected chi connectivity index (χ1v) is 11.8. The van der Waals surface area contributed by atoms with Crippen molar-refractivity contribution in [1.82, 2.24) is 14.9 Å². The Hall–Kier alpha value is -3.63. The number of rotatable bonds is 4. The van der Waals surface area contributed by atoms with Crippen LogP contribution in [0.4, 0.5) is 0 Å². The Morgan fingerprint density at radius 2 is 1.91 bits per heavy atom. The molecular weight excluding hydrogens is 483 g/mol. The van der Waals surface area contributed by atoms with Crippen LogP contribution < -0.4 is 0 Å². The molecule has 35 heavy (non-hydrogen) atoms. The number of aromatic nitrogens is 2. The summed E-state index contributed by atoms with van der Waals surface area (Å²) >= 11 is 12.6. The number of allylic oxidation sites excluding steroid dienone is 1. The zero-order valence-electron chi connectivity index (χ0n) is 18.5. The van der Waals surface area contributed by atoms with Crippen LogP contribution in [0.5, 0.6) is 0 Å². The number of pyridine rings is 1. The van der Waals surface area contributed by atoms with Gasteiger partial charge >= 0.3 is 0 Å². The minimum absolute atomic E-state index is 0.0815. The minimum atomic E-state index is -0.448. The maximum Gasteiger partial charge on any atom is 0.253 e. The highest BCUT2D eigenvalue weighted by Crippen LogP contribution is 2.33. The Labute approximate surface area is 212 Å². The number of aromatic amines is 1. The molecule has 0 saturated carbocycles. The number of β-amino-alcohol motifs (C(OH)–C–C–N with tert-alkyl or cyclic N) is 1. The van der Waals surface area contributed by atoms with Crippen molar-refractivity contribution in [2.24, 2.45) is 0 Å². The van der Waals surface area contributed by atoms with Crippen molar-refractivity contribution in [2.45, 2.75) is 12.5 Å². The highest BCUT2D eigenvalue weighted by molar-refractivity contribution is 6.38. The molecule has 2 N–H and O–H groups in total. The topological polar surface area (TPSA) is 93.0 Å². The summed E-state index contributed by atoms with van der Waals surface area (Å²) in [4.78, 5) is 22.0. The number of nitrogens with one attached hydrogen (secondary N) is 1. The van der Waals surface area contributed by atoms with Crippen LogP contribution in [0.1, 0.15) is 27.9 Å². The van der Waals surface area contributed by atoms with Crippen LogP contribution in [0.2, 0.25) is 10.0 Å². The molecule has 1 aliphatic rings. The van der Waals surface area contributed by atoms with E-state index in [4.69, 9.17) is 23.2 Å². The number of hydrogen-bond acceptors (Lipinski definition) is 4. The Balaban J connectivity index is 1.47. The molecule has 0 bridgehead atoms. The molecule has 1 aliphatic heterocycles. The average Bonchev–Trinajstić information content (AvgIpc) is 3.48. The molecule has 1 unspecified atom stereocenters. The summed E-state index contributed by atoms with van der Waals surface area (Å²) < 4.78 is 0. The lowest BCUT2D eigenvalue weighted by molar-refractivity contribution is 0.0765. The lowest BCUT2D eigenvalue weighted by Crippen LogP contribution is -2.29. The maximum atomic E-state index is 12.7. The number of benzene rings is 2. The summed E-state index contributed by atoms with van der Waals surface area (Å²) in [7, 11) is 0. The van der Waals surface area contributed by atoms with E-state index in [2.05, 4.69) is 16.0 Å². The predicted molar refractivity (Wildman–Crippen MR) is 138 cm³/mol. The SMILES string of the molecule is N#C/C(=C\c1c[nH]c2ncc(-c3ccc(C(=O)N4CCC(O)C4)cc3)cc12)c1c(Cl)cccc1Cl. The molecule has 174 valence electrons. The third kappa shape index (κ3) is 4.54. The van der Waals surface area contributed by atoms with Crippen LogP contribution in [-0.4, -0.2) is 45.1 Å². The average molecular weight is 503 g/mol. The Bertz CT molecular complexity index is 1480. The highest BCUT2D eigenvalue weighted by Gasteiger charge is 2.25.